The van der Waals surface area contributed by atoms with Crippen LogP contribution in [0.1, 0.15) is 33.6 Å². The Bertz CT molecular complexity index is 749. The third-order valence-electron chi connectivity index (χ3n) is 4.45. The third kappa shape index (κ3) is 6.12. The van der Waals surface area contributed by atoms with E-state index in [2.05, 4.69) is 17.2 Å². The number of rotatable bonds is 9. The number of aromatic nitrogens is 1. The lowest BCUT2D eigenvalue weighted by atomic mass is 9.83. The zero-order valence-electron chi connectivity index (χ0n) is 16.9. The summed E-state index contributed by atoms with van der Waals surface area (Å²) in [6.45, 7) is 7.16. The lowest BCUT2D eigenvalue weighted by molar-refractivity contribution is -0.106. The van der Waals surface area contributed by atoms with Crippen LogP contribution in [0.5, 0.6) is 10.9 Å². The standard InChI is InChI=1S/C18H25FN2O3S.C2H4O/c1-4-22-18-21-14-5-6-15(16(19)17(14)25-18)24-10-12-7-13(8-12)23-9-11(2)20-3;1-2-3/h5-6,11-13,20H,4,7-10H2,1-3H3;2H,1H3. The van der Waals surface area contributed by atoms with Crippen molar-refractivity contribution in [2.75, 3.05) is 26.9 Å². The van der Waals surface area contributed by atoms with E-state index in [-0.39, 0.29) is 11.6 Å². The maximum Gasteiger partial charge on any atom is 0.274 e. The molecule has 1 aliphatic carbocycles. The van der Waals surface area contributed by atoms with E-state index in [4.69, 9.17) is 19.0 Å². The first-order chi connectivity index (χ1) is 13.5. The minimum absolute atomic E-state index is 0.285. The van der Waals surface area contributed by atoms with Gasteiger partial charge in [-0.05, 0) is 58.7 Å². The Morgan fingerprint density at radius 3 is 2.75 bits per heavy atom. The Labute approximate surface area is 169 Å². The minimum Gasteiger partial charge on any atom is -0.490 e. The SMILES string of the molecule is CC=O.CCOc1nc2ccc(OCC3CC(OCC(C)NC)C3)c(F)c2s1. The summed E-state index contributed by atoms with van der Waals surface area (Å²) in [4.78, 5) is 13.1. The number of ether oxygens (including phenoxy) is 3. The van der Waals surface area contributed by atoms with E-state index in [1.165, 1.54) is 18.3 Å². The summed E-state index contributed by atoms with van der Waals surface area (Å²) in [7, 11) is 1.93. The van der Waals surface area contributed by atoms with Gasteiger partial charge < -0.3 is 24.3 Å². The Morgan fingerprint density at radius 1 is 1.39 bits per heavy atom. The molecule has 6 nitrogen and oxygen atoms in total. The van der Waals surface area contributed by atoms with Gasteiger partial charge in [-0.1, -0.05) is 11.3 Å². The van der Waals surface area contributed by atoms with Gasteiger partial charge in [0.05, 0.1) is 36.1 Å². The minimum atomic E-state index is -0.351. The summed E-state index contributed by atoms with van der Waals surface area (Å²) in [6.07, 6.45) is 2.98. The second-order valence-electron chi connectivity index (χ2n) is 6.67. The number of nitrogens with zero attached hydrogens (tertiary/aromatic N) is 1. The number of aldehydes is 1. The van der Waals surface area contributed by atoms with E-state index >= 15 is 0 Å². The van der Waals surface area contributed by atoms with Crippen molar-refractivity contribution in [3.8, 4) is 10.9 Å². The van der Waals surface area contributed by atoms with Gasteiger partial charge in [-0.15, -0.1) is 0 Å². The molecule has 0 amide bonds. The second kappa shape index (κ2) is 11.3. The van der Waals surface area contributed by atoms with E-state index in [1.807, 2.05) is 14.0 Å². The number of hydrogen-bond donors (Lipinski definition) is 1. The van der Waals surface area contributed by atoms with Crippen molar-refractivity contribution >= 4 is 27.8 Å². The predicted molar refractivity (Wildman–Crippen MR) is 109 cm³/mol. The molecule has 1 heterocycles. The smallest absolute Gasteiger partial charge is 0.274 e. The summed E-state index contributed by atoms with van der Waals surface area (Å²) in [5.74, 6) is 0.355. The average molecular weight is 413 g/mol. The first kappa shape index (κ1) is 22.5. The first-order valence-corrected chi connectivity index (χ1v) is 10.4. The Kier molecular flexibility index (Phi) is 9.08. The molecule has 1 aromatic carbocycles. The molecule has 1 aromatic heterocycles. The monoisotopic (exact) mass is 412 g/mol. The van der Waals surface area contributed by atoms with Crippen LogP contribution in [0.4, 0.5) is 4.39 Å². The highest BCUT2D eigenvalue weighted by atomic mass is 32.1. The van der Waals surface area contributed by atoms with E-state index < -0.39 is 0 Å². The van der Waals surface area contributed by atoms with Gasteiger partial charge in [0.15, 0.2) is 11.6 Å². The van der Waals surface area contributed by atoms with Gasteiger partial charge in [0.1, 0.15) is 6.29 Å². The van der Waals surface area contributed by atoms with Crippen molar-refractivity contribution in [1.82, 2.24) is 10.3 Å². The van der Waals surface area contributed by atoms with Crippen molar-refractivity contribution in [1.29, 1.82) is 0 Å². The fraction of sp³-hybridized carbons (Fsp3) is 0.600. The molecule has 1 atom stereocenters. The molecule has 0 radical (unpaired) electrons. The number of carbonyl (C=O) groups is 1. The van der Waals surface area contributed by atoms with Gasteiger partial charge in [-0.25, -0.2) is 9.37 Å². The molecule has 28 heavy (non-hydrogen) atoms. The van der Waals surface area contributed by atoms with Crippen molar-refractivity contribution in [2.24, 2.45) is 5.92 Å². The zero-order valence-corrected chi connectivity index (χ0v) is 17.7. The van der Waals surface area contributed by atoms with Crippen molar-refractivity contribution in [3.05, 3.63) is 17.9 Å². The van der Waals surface area contributed by atoms with Crippen LogP contribution in [0.3, 0.4) is 0 Å². The average Bonchev–Trinajstić information content (AvgIpc) is 3.06. The molecule has 8 heteroatoms. The topological polar surface area (TPSA) is 69.7 Å². The number of carbonyl (C=O) groups excluding carboxylic acids is 1. The molecule has 1 fully saturated rings. The fourth-order valence-electron chi connectivity index (χ4n) is 2.74. The molecule has 0 spiro atoms. The highest BCUT2D eigenvalue weighted by Crippen LogP contribution is 2.35. The largest absolute Gasteiger partial charge is 0.490 e. The van der Waals surface area contributed by atoms with Crippen molar-refractivity contribution in [2.45, 2.75) is 45.8 Å². The molecule has 1 aliphatic rings. The molecule has 156 valence electrons. The lowest BCUT2D eigenvalue weighted by Crippen LogP contribution is -2.38. The summed E-state index contributed by atoms with van der Waals surface area (Å²) >= 11 is 1.21. The molecule has 0 saturated heterocycles. The first-order valence-electron chi connectivity index (χ1n) is 9.55. The highest BCUT2D eigenvalue weighted by Gasteiger charge is 2.31. The summed E-state index contributed by atoms with van der Waals surface area (Å²) in [5.41, 5.74) is 0.606. The fourth-order valence-corrected chi connectivity index (χ4v) is 3.64. The van der Waals surface area contributed by atoms with Crippen LogP contribution in [-0.4, -0.2) is 50.3 Å². The van der Waals surface area contributed by atoms with Gasteiger partial charge >= 0.3 is 0 Å². The van der Waals surface area contributed by atoms with Gasteiger partial charge in [-0.2, -0.15) is 0 Å². The van der Waals surface area contributed by atoms with Crippen molar-refractivity contribution < 1.29 is 23.4 Å². The summed E-state index contributed by atoms with van der Waals surface area (Å²) in [6, 6.07) is 3.78. The van der Waals surface area contributed by atoms with Crippen LogP contribution in [0.15, 0.2) is 12.1 Å². The van der Waals surface area contributed by atoms with Crippen molar-refractivity contribution in [3.63, 3.8) is 0 Å². The number of hydrogen-bond acceptors (Lipinski definition) is 7. The van der Waals surface area contributed by atoms with Gasteiger partial charge in [-0.3, -0.25) is 0 Å². The van der Waals surface area contributed by atoms with Crippen LogP contribution in [0.2, 0.25) is 0 Å². The van der Waals surface area contributed by atoms with Gasteiger partial charge in [0.2, 0.25) is 0 Å². The number of nitrogens with one attached hydrogen (secondary N) is 1. The maximum atomic E-state index is 14.6. The Balaban J connectivity index is 0.000000878. The van der Waals surface area contributed by atoms with E-state index in [0.29, 0.717) is 53.3 Å². The molecular formula is C20H29FN2O4S. The molecule has 0 aliphatic heterocycles. The van der Waals surface area contributed by atoms with Gasteiger partial charge in [0.25, 0.3) is 5.19 Å². The zero-order chi connectivity index (χ0) is 20.5. The van der Waals surface area contributed by atoms with Crippen LogP contribution >= 0.6 is 11.3 Å². The summed E-state index contributed by atoms with van der Waals surface area (Å²) < 4.78 is 31.9. The molecule has 3 rings (SSSR count). The van der Waals surface area contributed by atoms with Crippen LogP contribution in [0.25, 0.3) is 10.2 Å². The molecule has 0 bridgehead atoms. The summed E-state index contributed by atoms with van der Waals surface area (Å²) in [5, 5.41) is 3.64. The van der Waals surface area contributed by atoms with Crippen LogP contribution < -0.4 is 14.8 Å². The molecule has 1 unspecified atom stereocenters. The number of halogens is 1. The Hall–Kier alpha value is -1.77. The van der Waals surface area contributed by atoms with E-state index in [9.17, 15) is 4.39 Å². The predicted octanol–water partition coefficient (Wildman–Crippen LogP) is 3.82. The van der Waals surface area contributed by atoms with E-state index in [0.717, 1.165) is 19.1 Å². The van der Waals surface area contributed by atoms with Gasteiger partial charge in [0, 0.05) is 6.04 Å². The third-order valence-corrected chi connectivity index (χ3v) is 5.43. The van der Waals surface area contributed by atoms with E-state index in [1.54, 1.807) is 12.1 Å². The Morgan fingerprint density at radius 2 is 2.11 bits per heavy atom. The normalized spacial score (nSPS) is 19.3. The maximum absolute atomic E-state index is 14.6. The number of benzene rings is 1. The van der Waals surface area contributed by atoms with Crippen LogP contribution in [0, 0.1) is 11.7 Å². The molecule has 1 saturated carbocycles. The molecule has 1 N–H and O–H groups in total. The lowest BCUT2D eigenvalue weighted by Gasteiger charge is -2.35. The quantitative estimate of drug-likeness (QED) is 0.632. The number of thiazole rings is 1. The second-order valence-corrected chi connectivity index (χ2v) is 7.63. The number of fused-ring (bicyclic) bond motifs is 1. The molecule has 2 aromatic rings. The van der Waals surface area contributed by atoms with Crippen LogP contribution in [-0.2, 0) is 9.53 Å². The molecular weight excluding hydrogens is 383 g/mol. The number of likely N-dealkylation sites (N-methyl/N-ethyl adjacent to an activating group) is 1. The highest BCUT2D eigenvalue weighted by molar-refractivity contribution is 7.20.